The zero-order chi connectivity index (χ0) is 19.4. The number of carbonyl (C=O) groups excluding carboxylic acids is 1. The Labute approximate surface area is 161 Å². The molecule has 0 spiro atoms. The second-order valence-corrected chi connectivity index (χ2v) is 8.90. The van der Waals surface area contributed by atoms with Gasteiger partial charge in [-0.15, -0.1) is 0 Å². The fraction of sp³-hybridized carbons (Fsp3) is 0.632. The van der Waals surface area contributed by atoms with Crippen LogP contribution in [0.25, 0.3) is 0 Å². The summed E-state index contributed by atoms with van der Waals surface area (Å²) in [6.07, 6.45) is 2.87. The van der Waals surface area contributed by atoms with Crippen LogP contribution in [0.3, 0.4) is 0 Å². The number of hydrogen-bond donors (Lipinski definition) is 0. The van der Waals surface area contributed by atoms with E-state index in [1.165, 1.54) is 16.4 Å². The van der Waals surface area contributed by atoms with E-state index in [0.717, 1.165) is 38.8 Å². The molecule has 150 valence electrons. The van der Waals surface area contributed by atoms with Crippen molar-refractivity contribution in [2.75, 3.05) is 32.8 Å². The highest BCUT2D eigenvalue weighted by Gasteiger charge is 2.33. The summed E-state index contributed by atoms with van der Waals surface area (Å²) in [6.45, 7) is 6.49. The summed E-state index contributed by atoms with van der Waals surface area (Å²) in [5.74, 6) is 0.719. The molecule has 0 N–H and O–H groups in total. The van der Waals surface area contributed by atoms with Crippen LogP contribution in [0.5, 0.6) is 11.5 Å². The van der Waals surface area contributed by atoms with Crippen LogP contribution in [-0.2, 0) is 14.8 Å². The van der Waals surface area contributed by atoms with Crippen molar-refractivity contribution in [3.8, 4) is 11.5 Å². The fourth-order valence-corrected chi connectivity index (χ4v) is 5.11. The Hall–Kier alpha value is -1.80. The number of likely N-dealkylation sites (tertiary alicyclic amines) is 1. The van der Waals surface area contributed by atoms with Gasteiger partial charge < -0.3 is 14.4 Å². The highest BCUT2D eigenvalue weighted by atomic mass is 32.2. The van der Waals surface area contributed by atoms with Gasteiger partial charge in [-0.1, -0.05) is 13.8 Å². The minimum atomic E-state index is -3.58. The molecule has 27 heavy (non-hydrogen) atoms. The van der Waals surface area contributed by atoms with Gasteiger partial charge >= 0.3 is 0 Å². The van der Waals surface area contributed by atoms with Gasteiger partial charge in [0, 0.05) is 32.2 Å². The lowest BCUT2D eigenvalue weighted by Gasteiger charge is -2.29. The van der Waals surface area contributed by atoms with Crippen LogP contribution >= 0.6 is 0 Å². The number of amides is 1. The predicted molar refractivity (Wildman–Crippen MR) is 102 cm³/mol. The smallest absolute Gasteiger partial charge is 0.267 e. The quantitative estimate of drug-likeness (QED) is 0.707. The largest absolute Gasteiger partial charge is 0.485 e. The van der Waals surface area contributed by atoms with Crippen LogP contribution in [0.4, 0.5) is 0 Å². The van der Waals surface area contributed by atoms with Crippen LogP contribution in [0.1, 0.15) is 39.5 Å². The molecule has 7 nitrogen and oxygen atoms in total. The van der Waals surface area contributed by atoms with E-state index < -0.39 is 16.1 Å². The molecule has 0 bridgehead atoms. The molecule has 3 rings (SSSR count). The minimum absolute atomic E-state index is 0.0630. The lowest BCUT2D eigenvalue weighted by molar-refractivity contribution is -0.140. The van der Waals surface area contributed by atoms with Gasteiger partial charge in [-0.05, 0) is 37.8 Å². The molecule has 0 saturated carbocycles. The predicted octanol–water partition coefficient (Wildman–Crippen LogP) is 2.26. The van der Waals surface area contributed by atoms with Crippen molar-refractivity contribution in [3.05, 3.63) is 18.2 Å². The Morgan fingerprint density at radius 1 is 1.15 bits per heavy atom. The second kappa shape index (κ2) is 8.48. The molecule has 0 aromatic heterocycles. The zero-order valence-corrected chi connectivity index (χ0v) is 16.8. The average Bonchev–Trinajstić information content (AvgIpc) is 3.21. The fourth-order valence-electron chi connectivity index (χ4n) is 3.47. The van der Waals surface area contributed by atoms with Crippen molar-refractivity contribution >= 4 is 15.9 Å². The minimum Gasteiger partial charge on any atom is -0.485 e. The summed E-state index contributed by atoms with van der Waals surface area (Å²) in [5.41, 5.74) is 0. The first kappa shape index (κ1) is 19.9. The third-order valence-corrected chi connectivity index (χ3v) is 6.75. The Kier molecular flexibility index (Phi) is 6.26. The number of sulfonamides is 1. The summed E-state index contributed by atoms with van der Waals surface area (Å²) < 4.78 is 38.8. The molecule has 1 aromatic rings. The number of ether oxygens (including phenoxy) is 2. The van der Waals surface area contributed by atoms with Crippen molar-refractivity contribution in [1.82, 2.24) is 9.21 Å². The number of rotatable bonds is 7. The number of nitrogens with zero attached hydrogens (tertiary/aromatic N) is 2. The third kappa shape index (κ3) is 4.21. The number of hydrogen-bond acceptors (Lipinski definition) is 5. The van der Waals surface area contributed by atoms with Crippen molar-refractivity contribution in [1.29, 1.82) is 0 Å². The van der Waals surface area contributed by atoms with Crippen LogP contribution in [-0.4, -0.2) is 62.4 Å². The van der Waals surface area contributed by atoms with Gasteiger partial charge in [0.25, 0.3) is 5.91 Å². The van der Waals surface area contributed by atoms with Crippen LogP contribution < -0.4 is 9.47 Å². The van der Waals surface area contributed by atoms with Gasteiger partial charge in [-0.3, -0.25) is 4.79 Å². The van der Waals surface area contributed by atoms with Crippen molar-refractivity contribution in [2.24, 2.45) is 0 Å². The van der Waals surface area contributed by atoms with Crippen LogP contribution in [0.2, 0.25) is 0 Å². The Bertz CT molecular complexity index is 768. The van der Waals surface area contributed by atoms with E-state index in [2.05, 4.69) is 0 Å². The first-order chi connectivity index (χ1) is 13.0. The molecular formula is C19H28N2O5S. The van der Waals surface area contributed by atoms with Gasteiger partial charge in [0.1, 0.15) is 6.61 Å². The molecule has 1 aromatic carbocycles. The Morgan fingerprint density at radius 2 is 1.81 bits per heavy atom. The summed E-state index contributed by atoms with van der Waals surface area (Å²) in [4.78, 5) is 14.5. The zero-order valence-electron chi connectivity index (χ0n) is 16.0. The van der Waals surface area contributed by atoms with Gasteiger partial charge in [-0.2, -0.15) is 4.31 Å². The van der Waals surface area contributed by atoms with Crippen molar-refractivity contribution < 1.29 is 22.7 Å². The van der Waals surface area contributed by atoms with Gasteiger partial charge in [-0.25, -0.2) is 8.42 Å². The molecule has 1 amide bonds. The van der Waals surface area contributed by atoms with Gasteiger partial charge in [0.05, 0.1) is 4.90 Å². The van der Waals surface area contributed by atoms with Gasteiger partial charge in [0.2, 0.25) is 16.1 Å². The maximum absolute atomic E-state index is 12.9. The van der Waals surface area contributed by atoms with Crippen LogP contribution in [0, 0.1) is 0 Å². The van der Waals surface area contributed by atoms with E-state index in [1.807, 2.05) is 13.8 Å². The summed E-state index contributed by atoms with van der Waals surface area (Å²) in [6, 6.07) is 4.61. The first-order valence-electron chi connectivity index (χ1n) is 9.69. The Balaban J connectivity index is 1.77. The molecule has 2 aliphatic heterocycles. The summed E-state index contributed by atoms with van der Waals surface area (Å²) >= 11 is 0. The van der Waals surface area contributed by atoms with E-state index in [0.29, 0.717) is 24.6 Å². The average molecular weight is 397 g/mol. The van der Waals surface area contributed by atoms with E-state index in [4.69, 9.17) is 9.47 Å². The standard InChI is InChI=1S/C19H28N2O5S/c1-3-9-21(10-4-2)27(23,24)15-7-8-16-17(13-15)25-14-18(26-16)19(22)20-11-5-6-12-20/h7-8,13,18H,3-6,9-12,14H2,1-2H3. The maximum atomic E-state index is 12.9. The number of fused-ring (bicyclic) bond motifs is 1. The number of benzene rings is 1. The molecule has 0 radical (unpaired) electrons. The molecule has 1 saturated heterocycles. The van der Waals surface area contributed by atoms with Gasteiger partial charge in [0.15, 0.2) is 11.5 Å². The van der Waals surface area contributed by atoms with E-state index in [1.54, 1.807) is 11.0 Å². The summed E-state index contributed by atoms with van der Waals surface area (Å²) in [5, 5.41) is 0. The highest BCUT2D eigenvalue weighted by molar-refractivity contribution is 7.89. The molecular weight excluding hydrogens is 368 g/mol. The molecule has 0 aliphatic carbocycles. The number of carbonyl (C=O) groups is 1. The van der Waals surface area contributed by atoms with Crippen molar-refractivity contribution in [2.45, 2.75) is 50.5 Å². The highest BCUT2D eigenvalue weighted by Crippen LogP contribution is 2.35. The maximum Gasteiger partial charge on any atom is 0.267 e. The summed E-state index contributed by atoms with van der Waals surface area (Å²) in [7, 11) is -3.58. The normalized spacial score (nSPS) is 19.5. The lowest BCUT2D eigenvalue weighted by atomic mass is 10.2. The van der Waals surface area contributed by atoms with E-state index in [-0.39, 0.29) is 17.4 Å². The molecule has 1 unspecified atom stereocenters. The monoisotopic (exact) mass is 396 g/mol. The first-order valence-corrected chi connectivity index (χ1v) is 11.1. The Morgan fingerprint density at radius 3 is 2.44 bits per heavy atom. The topological polar surface area (TPSA) is 76.2 Å². The van der Waals surface area contributed by atoms with E-state index in [9.17, 15) is 13.2 Å². The third-order valence-electron chi connectivity index (χ3n) is 4.85. The second-order valence-electron chi connectivity index (χ2n) is 6.96. The van der Waals surface area contributed by atoms with Crippen molar-refractivity contribution in [3.63, 3.8) is 0 Å². The van der Waals surface area contributed by atoms with Crippen LogP contribution in [0.15, 0.2) is 23.1 Å². The molecule has 1 fully saturated rings. The molecule has 2 aliphatic rings. The van der Waals surface area contributed by atoms with E-state index >= 15 is 0 Å². The molecule has 2 heterocycles. The molecule has 8 heteroatoms. The SMILES string of the molecule is CCCN(CCC)S(=O)(=O)c1ccc2c(c1)OCC(C(=O)N1CCCC1)O2. The molecule has 1 atom stereocenters. The lowest BCUT2D eigenvalue weighted by Crippen LogP contribution is -2.45.